The maximum Gasteiger partial charge on any atom is 0.269 e. The van der Waals surface area contributed by atoms with Crippen LogP contribution in [0.3, 0.4) is 0 Å². The number of rotatable bonds is 4. The normalized spacial score (nSPS) is 15.8. The fraction of sp³-hybridized carbons (Fsp3) is 0.346. The first-order valence-corrected chi connectivity index (χ1v) is 13.0. The van der Waals surface area contributed by atoms with Crippen LogP contribution in [-0.2, 0) is 12.8 Å². The number of thiophene rings is 1. The summed E-state index contributed by atoms with van der Waals surface area (Å²) in [4.78, 5) is 23.9. The number of aryl methyl sites for hydroxylation is 1. The van der Waals surface area contributed by atoms with Gasteiger partial charge in [-0.05, 0) is 66.5 Å². The number of nitrogens with one attached hydrogen (secondary N) is 1. The number of nitrogen functional groups attached to an aromatic ring is 1. The lowest BCUT2D eigenvalue weighted by molar-refractivity contribution is 0.103. The number of carbonyl (C=O) groups is 1. The molecule has 0 saturated heterocycles. The highest BCUT2D eigenvalue weighted by Crippen LogP contribution is 2.40. The summed E-state index contributed by atoms with van der Waals surface area (Å²) in [7, 11) is 1.64. The van der Waals surface area contributed by atoms with Crippen LogP contribution < -0.4 is 15.8 Å². The number of benzene rings is 1. The van der Waals surface area contributed by atoms with Crippen LogP contribution >= 0.6 is 22.7 Å². The quantitative estimate of drug-likeness (QED) is 0.343. The van der Waals surface area contributed by atoms with E-state index in [0.29, 0.717) is 21.6 Å². The minimum absolute atomic E-state index is 0.248. The lowest BCUT2D eigenvalue weighted by Gasteiger charge is -2.34. The molecule has 1 atom stereocenters. The van der Waals surface area contributed by atoms with Gasteiger partial charge >= 0.3 is 0 Å². The van der Waals surface area contributed by atoms with E-state index >= 15 is 0 Å². The first-order valence-electron chi connectivity index (χ1n) is 11.3. The Labute approximate surface area is 207 Å². The van der Waals surface area contributed by atoms with Gasteiger partial charge in [-0.2, -0.15) is 0 Å². The van der Waals surface area contributed by atoms with Gasteiger partial charge in [0.05, 0.1) is 18.5 Å². The summed E-state index contributed by atoms with van der Waals surface area (Å²) < 4.78 is 5.21. The van der Waals surface area contributed by atoms with Crippen LogP contribution in [0.4, 0.5) is 10.8 Å². The molecule has 6 nitrogen and oxygen atoms in total. The Balaban J connectivity index is 1.38. The molecule has 0 fully saturated rings. The van der Waals surface area contributed by atoms with Crippen molar-refractivity contribution in [2.24, 2.45) is 11.3 Å². The van der Waals surface area contributed by atoms with Gasteiger partial charge in [-0.3, -0.25) is 10.1 Å². The van der Waals surface area contributed by atoms with Crippen LogP contribution in [0, 0.1) is 11.3 Å². The zero-order valence-electron chi connectivity index (χ0n) is 19.8. The maximum absolute atomic E-state index is 13.1. The van der Waals surface area contributed by atoms with E-state index in [0.717, 1.165) is 52.2 Å². The number of hydrogen-bond donors (Lipinski definition) is 2. The Morgan fingerprint density at radius 3 is 2.68 bits per heavy atom. The zero-order chi connectivity index (χ0) is 24.0. The number of anilines is 2. The maximum atomic E-state index is 13.1. The summed E-state index contributed by atoms with van der Waals surface area (Å²) in [5.74, 6) is 1.16. The van der Waals surface area contributed by atoms with Crippen molar-refractivity contribution >= 4 is 49.6 Å². The zero-order valence-corrected chi connectivity index (χ0v) is 21.4. The highest BCUT2D eigenvalue weighted by atomic mass is 32.1. The number of aromatic nitrogens is 2. The number of carbonyl (C=O) groups excluding carboxylic acids is 1. The SMILES string of the molecule is COc1ccc(-c2csc(NC(=O)c3sc4nc5c(cc4c3N)CC(C(C)(C)C)CC5)n2)cc1. The smallest absolute Gasteiger partial charge is 0.269 e. The molecule has 3 heterocycles. The number of pyridine rings is 1. The molecular weight excluding hydrogens is 464 g/mol. The van der Waals surface area contributed by atoms with Crippen molar-refractivity contribution in [2.45, 2.75) is 40.0 Å². The predicted molar refractivity (Wildman–Crippen MR) is 141 cm³/mol. The van der Waals surface area contributed by atoms with Crippen molar-refractivity contribution in [3.8, 4) is 17.0 Å². The van der Waals surface area contributed by atoms with Crippen LogP contribution in [0.5, 0.6) is 5.75 Å². The second-order valence-electron chi connectivity index (χ2n) is 9.82. The van der Waals surface area contributed by atoms with E-state index in [9.17, 15) is 4.79 Å². The number of nitrogens with zero attached hydrogens (tertiary/aromatic N) is 2. The predicted octanol–water partition coefficient (Wildman–Crippen LogP) is 6.41. The molecule has 0 aliphatic heterocycles. The number of fused-ring (bicyclic) bond motifs is 2. The second kappa shape index (κ2) is 8.67. The number of amides is 1. The van der Waals surface area contributed by atoms with Gasteiger partial charge in [0.15, 0.2) is 5.13 Å². The Morgan fingerprint density at radius 2 is 1.97 bits per heavy atom. The number of thiazole rings is 1. The van der Waals surface area contributed by atoms with Crippen LogP contribution in [0.25, 0.3) is 21.5 Å². The van der Waals surface area contributed by atoms with E-state index in [4.69, 9.17) is 15.5 Å². The fourth-order valence-corrected chi connectivity index (χ4v) is 6.18. The van der Waals surface area contributed by atoms with Crippen molar-refractivity contribution in [3.63, 3.8) is 0 Å². The Kier molecular flexibility index (Phi) is 5.81. The molecule has 1 unspecified atom stereocenters. The summed E-state index contributed by atoms with van der Waals surface area (Å²) in [6.07, 6.45) is 3.12. The van der Waals surface area contributed by atoms with Gasteiger partial charge in [-0.15, -0.1) is 22.7 Å². The topological polar surface area (TPSA) is 90.1 Å². The Morgan fingerprint density at radius 1 is 1.21 bits per heavy atom. The molecule has 34 heavy (non-hydrogen) atoms. The molecule has 0 saturated carbocycles. The molecule has 3 N–H and O–H groups in total. The van der Waals surface area contributed by atoms with Gasteiger partial charge in [0.2, 0.25) is 0 Å². The summed E-state index contributed by atoms with van der Waals surface area (Å²) in [5, 5.41) is 6.25. The average molecular weight is 493 g/mol. The first kappa shape index (κ1) is 22.8. The van der Waals surface area contributed by atoms with E-state index < -0.39 is 0 Å². The summed E-state index contributed by atoms with van der Waals surface area (Å²) in [6.45, 7) is 6.90. The van der Waals surface area contributed by atoms with E-state index in [-0.39, 0.29) is 11.3 Å². The van der Waals surface area contributed by atoms with E-state index in [2.05, 4.69) is 37.1 Å². The van der Waals surface area contributed by atoms with Crippen molar-refractivity contribution in [1.29, 1.82) is 0 Å². The first-order chi connectivity index (χ1) is 16.2. The van der Waals surface area contributed by atoms with Gasteiger partial charge in [0.25, 0.3) is 5.91 Å². The number of nitrogens with two attached hydrogens (primary N) is 1. The second-order valence-corrected chi connectivity index (χ2v) is 11.7. The van der Waals surface area contributed by atoms with Crippen LogP contribution in [0.15, 0.2) is 35.7 Å². The number of hydrogen-bond acceptors (Lipinski definition) is 7. The largest absolute Gasteiger partial charge is 0.497 e. The molecule has 0 radical (unpaired) electrons. The molecule has 4 aromatic rings. The highest BCUT2D eigenvalue weighted by Gasteiger charge is 2.30. The molecule has 5 rings (SSSR count). The molecule has 1 aliphatic carbocycles. The molecule has 0 bridgehead atoms. The lowest BCUT2D eigenvalue weighted by atomic mass is 9.71. The van der Waals surface area contributed by atoms with E-state index in [1.807, 2.05) is 29.6 Å². The third-order valence-corrected chi connectivity index (χ3v) is 8.50. The third kappa shape index (κ3) is 4.28. The van der Waals surface area contributed by atoms with E-state index in [1.165, 1.54) is 28.2 Å². The summed E-state index contributed by atoms with van der Waals surface area (Å²) >= 11 is 2.74. The molecule has 3 aromatic heterocycles. The lowest BCUT2D eigenvalue weighted by Crippen LogP contribution is -2.27. The number of methoxy groups -OCH3 is 1. The van der Waals surface area contributed by atoms with Crippen LogP contribution in [0.2, 0.25) is 0 Å². The van der Waals surface area contributed by atoms with Gasteiger partial charge in [0, 0.05) is 22.0 Å². The fourth-order valence-electron chi connectivity index (χ4n) is 4.48. The standard InChI is InChI=1S/C26H28N4O2S2/c1-26(2,3)16-7-10-19-15(11-16)12-18-21(27)22(34-24(18)28-19)23(31)30-25-29-20(13-33-25)14-5-8-17(32-4)9-6-14/h5-6,8-9,12-13,16H,7,10-11,27H2,1-4H3,(H,29,30,31). The van der Waals surface area contributed by atoms with Crippen LogP contribution in [0.1, 0.15) is 48.1 Å². The van der Waals surface area contributed by atoms with Crippen molar-refractivity contribution in [3.05, 3.63) is 51.8 Å². The highest BCUT2D eigenvalue weighted by molar-refractivity contribution is 7.21. The van der Waals surface area contributed by atoms with Crippen molar-refractivity contribution < 1.29 is 9.53 Å². The summed E-state index contributed by atoms with van der Waals surface area (Å²) in [6, 6.07) is 9.83. The van der Waals surface area contributed by atoms with Gasteiger partial charge in [0.1, 0.15) is 15.5 Å². The van der Waals surface area contributed by atoms with Crippen molar-refractivity contribution in [2.75, 3.05) is 18.2 Å². The number of ether oxygens (including phenoxy) is 1. The van der Waals surface area contributed by atoms with Crippen molar-refractivity contribution in [1.82, 2.24) is 9.97 Å². The van der Waals surface area contributed by atoms with Gasteiger partial charge < -0.3 is 10.5 Å². The minimum atomic E-state index is -0.248. The molecule has 8 heteroatoms. The molecule has 0 spiro atoms. The van der Waals surface area contributed by atoms with Crippen LogP contribution in [-0.4, -0.2) is 23.0 Å². The summed E-state index contributed by atoms with van der Waals surface area (Å²) in [5.41, 5.74) is 11.4. The molecule has 1 amide bonds. The van der Waals surface area contributed by atoms with E-state index in [1.54, 1.807) is 7.11 Å². The minimum Gasteiger partial charge on any atom is -0.497 e. The molecular formula is C26H28N4O2S2. The van der Waals surface area contributed by atoms with Gasteiger partial charge in [-0.25, -0.2) is 9.97 Å². The average Bonchev–Trinajstić information content (AvgIpc) is 3.41. The Hall–Kier alpha value is -2.97. The third-order valence-electron chi connectivity index (χ3n) is 6.63. The Bertz CT molecular complexity index is 1370. The molecule has 1 aromatic carbocycles. The van der Waals surface area contributed by atoms with Gasteiger partial charge in [-0.1, -0.05) is 20.8 Å². The molecule has 1 aliphatic rings. The monoisotopic (exact) mass is 492 g/mol. The molecule has 176 valence electrons.